The summed E-state index contributed by atoms with van der Waals surface area (Å²) in [4.78, 5) is 4.43. The fourth-order valence-corrected chi connectivity index (χ4v) is 4.13. The van der Waals surface area contributed by atoms with E-state index in [1.807, 2.05) is 12.1 Å². The summed E-state index contributed by atoms with van der Waals surface area (Å²) in [6.45, 7) is 0.471. The van der Waals surface area contributed by atoms with E-state index in [1.54, 1.807) is 6.07 Å². The van der Waals surface area contributed by atoms with Crippen molar-refractivity contribution in [2.45, 2.75) is 31.2 Å². The van der Waals surface area contributed by atoms with E-state index < -0.39 is 15.6 Å². The Bertz CT molecular complexity index is 871. The number of aromatic nitrogens is 2. The molecule has 2 aliphatic rings. The van der Waals surface area contributed by atoms with Gasteiger partial charge in [-0.25, -0.2) is 8.42 Å². The number of anilines is 1. The van der Waals surface area contributed by atoms with Gasteiger partial charge in [0.1, 0.15) is 0 Å². The van der Waals surface area contributed by atoms with Crippen molar-refractivity contribution in [1.29, 1.82) is 0 Å². The Morgan fingerprint density at radius 1 is 1.35 bits per heavy atom. The molecule has 0 atom stereocenters. The number of sulfonamides is 1. The van der Waals surface area contributed by atoms with Crippen LogP contribution < -0.4 is 10.0 Å². The van der Waals surface area contributed by atoms with Crippen LogP contribution in [-0.4, -0.2) is 31.4 Å². The average molecular weight is 334 g/mol. The summed E-state index contributed by atoms with van der Waals surface area (Å²) in [5.41, 5.74) is 8.25. The molecule has 2 heterocycles. The van der Waals surface area contributed by atoms with Crippen molar-refractivity contribution in [2.24, 2.45) is 5.73 Å². The number of fused-ring (bicyclic) bond motifs is 1. The first-order valence-corrected chi connectivity index (χ1v) is 9.46. The predicted octanol–water partition coefficient (Wildman–Crippen LogP) is 1.40. The van der Waals surface area contributed by atoms with Crippen molar-refractivity contribution in [3.05, 3.63) is 29.6 Å². The van der Waals surface area contributed by atoms with E-state index in [0.29, 0.717) is 24.7 Å². The second kappa shape index (κ2) is 4.78. The van der Waals surface area contributed by atoms with Gasteiger partial charge in [0.2, 0.25) is 10.0 Å². The van der Waals surface area contributed by atoms with Gasteiger partial charge in [-0.1, -0.05) is 5.16 Å². The molecule has 4 rings (SSSR count). The van der Waals surface area contributed by atoms with E-state index in [-0.39, 0.29) is 0 Å². The number of nitrogens with two attached hydrogens (primary N) is 1. The number of benzene rings is 1. The molecule has 1 aliphatic heterocycles. The summed E-state index contributed by atoms with van der Waals surface area (Å²) in [6, 6.07) is 5.52. The van der Waals surface area contributed by atoms with Gasteiger partial charge in [0.25, 0.3) is 5.89 Å². The van der Waals surface area contributed by atoms with Gasteiger partial charge < -0.3 is 10.3 Å². The van der Waals surface area contributed by atoms with Crippen molar-refractivity contribution in [1.82, 2.24) is 10.1 Å². The predicted molar refractivity (Wildman–Crippen MR) is 85.3 cm³/mol. The quantitative estimate of drug-likeness (QED) is 0.910. The van der Waals surface area contributed by atoms with Gasteiger partial charge in [-0.2, -0.15) is 4.98 Å². The maximum absolute atomic E-state index is 11.8. The highest BCUT2D eigenvalue weighted by molar-refractivity contribution is 7.92. The summed E-state index contributed by atoms with van der Waals surface area (Å²) in [5, 5.41) is 4.02. The smallest absolute Gasteiger partial charge is 0.258 e. The Labute approximate surface area is 134 Å². The van der Waals surface area contributed by atoms with Crippen molar-refractivity contribution in [3.63, 3.8) is 0 Å². The monoisotopic (exact) mass is 334 g/mol. The molecule has 2 N–H and O–H groups in total. The van der Waals surface area contributed by atoms with E-state index in [9.17, 15) is 8.42 Å². The van der Waals surface area contributed by atoms with Crippen LogP contribution in [0.1, 0.15) is 30.7 Å². The average Bonchev–Trinajstić information content (AvgIpc) is 3.10. The van der Waals surface area contributed by atoms with Crippen molar-refractivity contribution in [3.8, 4) is 11.5 Å². The maximum Gasteiger partial charge on any atom is 0.258 e. The van der Waals surface area contributed by atoms with Gasteiger partial charge in [0, 0.05) is 12.1 Å². The van der Waals surface area contributed by atoms with Crippen molar-refractivity contribution < 1.29 is 12.9 Å². The molecule has 8 heteroatoms. The van der Waals surface area contributed by atoms with E-state index in [0.717, 1.165) is 36.1 Å². The molecule has 23 heavy (non-hydrogen) atoms. The summed E-state index contributed by atoms with van der Waals surface area (Å²) < 4.78 is 30.3. The van der Waals surface area contributed by atoms with Gasteiger partial charge in [-0.3, -0.25) is 4.31 Å². The standard InChI is InChI=1S/C15H18N4O3S/c1-23(20,21)19-8-5-10-9-11(3-4-12(10)19)13-17-14(18-22-13)15(16)6-2-7-15/h3-4,9H,2,5-8,16H2,1H3. The zero-order valence-corrected chi connectivity index (χ0v) is 13.6. The number of hydrogen-bond acceptors (Lipinski definition) is 6. The highest BCUT2D eigenvalue weighted by atomic mass is 32.2. The highest BCUT2D eigenvalue weighted by Gasteiger charge is 2.39. The molecule has 0 unspecified atom stereocenters. The molecule has 1 aromatic carbocycles. The molecule has 122 valence electrons. The molecule has 0 spiro atoms. The molecule has 0 amide bonds. The van der Waals surface area contributed by atoms with Gasteiger partial charge in [0.15, 0.2) is 5.82 Å². The highest BCUT2D eigenvalue weighted by Crippen LogP contribution is 2.38. The topological polar surface area (TPSA) is 102 Å². The van der Waals surface area contributed by atoms with Crippen LogP contribution in [0.25, 0.3) is 11.5 Å². The first kappa shape index (κ1) is 14.6. The molecule has 0 radical (unpaired) electrons. The number of rotatable bonds is 3. The summed E-state index contributed by atoms with van der Waals surface area (Å²) in [7, 11) is -3.24. The first-order valence-electron chi connectivity index (χ1n) is 7.61. The van der Waals surface area contributed by atoms with E-state index >= 15 is 0 Å². The van der Waals surface area contributed by atoms with Gasteiger partial charge in [-0.05, 0) is 49.4 Å². The van der Waals surface area contributed by atoms with Crippen LogP contribution in [-0.2, 0) is 22.0 Å². The van der Waals surface area contributed by atoms with Gasteiger partial charge in [-0.15, -0.1) is 0 Å². The molecule has 1 aliphatic carbocycles. The fraction of sp³-hybridized carbons (Fsp3) is 0.467. The molecule has 1 saturated carbocycles. The van der Waals surface area contributed by atoms with Crippen LogP contribution in [0, 0.1) is 0 Å². The Morgan fingerprint density at radius 2 is 2.13 bits per heavy atom. The summed E-state index contributed by atoms with van der Waals surface area (Å²) in [6.07, 6.45) is 4.73. The van der Waals surface area contributed by atoms with E-state index in [1.165, 1.54) is 10.6 Å². The minimum Gasteiger partial charge on any atom is -0.334 e. The third-order valence-electron chi connectivity index (χ3n) is 4.70. The molecule has 0 saturated heterocycles. The van der Waals surface area contributed by atoms with Crippen LogP contribution in [0.15, 0.2) is 22.7 Å². The lowest BCUT2D eigenvalue weighted by atomic mass is 9.77. The Kier molecular flexibility index (Phi) is 3.05. The van der Waals surface area contributed by atoms with Crippen LogP contribution in [0.4, 0.5) is 5.69 Å². The minimum atomic E-state index is -3.24. The molecule has 1 fully saturated rings. The Hall–Kier alpha value is -1.93. The summed E-state index contributed by atoms with van der Waals surface area (Å²) >= 11 is 0. The molecule has 1 aromatic heterocycles. The number of nitrogens with zero attached hydrogens (tertiary/aromatic N) is 3. The van der Waals surface area contributed by atoms with Crippen molar-refractivity contribution >= 4 is 15.7 Å². The van der Waals surface area contributed by atoms with E-state index in [4.69, 9.17) is 10.3 Å². The Balaban J connectivity index is 1.67. The first-order chi connectivity index (χ1) is 10.9. The van der Waals surface area contributed by atoms with Gasteiger partial charge in [0.05, 0.1) is 17.5 Å². The number of hydrogen-bond donors (Lipinski definition) is 1. The molecular formula is C15H18N4O3S. The second-order valence-corrected chi connectivity index (χ2v) is 8.27. The summed E-state index contributed by atoms with van der Waals surface area (Å²) in [5.74, 6) is 0.981. The zero-order chi connectivity index (χ0) is 16.2. The zero-order valence-electron chi connectivity index (χ0n) is 12.8. The third-order valence-corrected chi connectivity index (χ3v) is 5.88. The largest absolute Gasteiger partial charge is 0.334 e. The lowest BCUT2D eigenvalue weighted by Crippen LogP contribution is -2.44. The van der Waals surface area contributed by atoms with Crippen LogP contribution in [0.3, 0.4) is 0 Å². The second-order valence-electron chi connectivity index (χ2n) is 6.36. The van der Waals surface area contributed by atoms with Crippen LogP contribution in [0.2, 0.25) is 0 Å². The fourth-order valence-electron chi connectivity index (χ4n) is 3.17. The van der Waals surface area contributed by atoms with Crippen molar-refractivity contribution in [2.75, 3.05) is 17.1 Å². The molecule has 2 aromatic rings. The minimum absolute atomic E-state index is 0.428. The van der Waals surface area contributed by atoms with Crippen LogP contribution in [0.5, 0.6) is 0 Å². The normalized spacial score (nSPS) is 19.5. The third kappa shape index (κ3) is 2.33. The SMILES string of the molecule is CS(=O)(=O)N1CCc2cc(-c3nc(C4(N)CCC4)no3)ccc21. The Morgan fingerprint density at radius 3 is 2.78 bits per heavy atom. The lowest BCUT2D eigenvalue weighted by Gasteiger charge is -2.34. The maximum atomic E-state index is 11.8. The van der Waals surface area contributed by atoms with E-state index in [2.05, 4.69) is 10.1 Å². The molecule has 7 nitrogen and oxygen atoms in total. The lowest BCUT2D eigenvalue weighted by molar-refractivity contribution is 0.229. The van der Waals surface area contributed by atoms with Crippen LogP contribution >= 0.6 is 0 Å². The molecular weight excluding hydrogens is 316 g/mol. The molecule has 0 bridgehead atoms. The van der Waals surface area contributed by atoms with Gasteiger partial charge >= 0.3 is 0 Å².